The van der Waals surface area contributed by atoms with Gasteiger partial charge in [-0.25, -0.2) is 0 Å². The number of pyridine rings is 1. The Hall–Kier alpha value is -3.10. The summed E-state index contributed by atoms with van der Waals surface area (Å²) >= 11 is 0. The van der Waals surface area contributed by atoms with Crippen molar-refractivity contribution in [2.75, 3.05) is 18.3 Å². The molecule has 4 heterocycles. The first kappa shape index (κ1) is 18.0. The van der Waals surface area contributed by atoms with E-state index in [1.54, 1.807) is 10.6 Å². The minimum Gasteiger partial charge on any atom is -0.733 e. The van der Waals surface area contributed by atoms with Crippen molar-refractivity contribution in [3.63, 3.8) is 0 Å². The maximum absolute atomic E-state index is 13.2. The molecule has 2 atom stereocenters. The second-order valence-corrected chi connectivity index (χ2v) is 8.04. The lowest BCUT2D eigenvalue weighted by atomic mass is 9.83. The molecule has 1 amide bonds. The van der Waals surface area contributed by atoms with Gasteiger partial charge >= 0.3 is 0 Å². The van der Waals surface area contributed by atoms with E-state index in [-0.39, 0.29) is 28.7 Å². The summed E-state index contributed by atoms with van der Waals surface area (Å²) in [4.78, 5) is 27.6. The van der Waals surface area contributed by atoms with Gasteiger partial charge in [-0.05, 0) is 48.1 Å². The minimum absolute atomic E-state index is 0.00342. The summed E-state index contributed by atoms with van der Waals surface area (Å²) in [5, 5.41) is 21.1. The van der Waals surface area contributed by atoms with Crippen LogP contribution < -0.4 is 10.8 Å². The van der Waals surface area contributed by atoms with Gasteiger partial charge in [-0.3, -0.25) is 14.8 Å². The smallest absolute Gasteiger partial charge is 0.275 e. The molecule has 0 saturated carbocycles. The number of rotatable bonds is 2. The number of likely N-dealkylation sites (tertiary alicyclic amines) is 1. The molecule has 1 N–H and O–H groups in total. The Bertz CT molecular complexity index is 1180. The number of piperidine rings is 1. The topological polar surface area (TPSA) is 93.8 Å². The fraction of sp³-hybridized carbons (Fsp3) is 0.333. The van der Waals surface area contributed by atoms with Gasteiger partial charge in [0.15, 0.2) is 0 Å². The van der Waals surface area contributed by atoms with E-state index in [1.807, 2.05) is 47.0 Å². The zero-order valence-electron chi connectivity index (χ0n) is 16.0. The predicted molar refractivity (Wildman–Crippen MR) is 108 cm³/mol. The van der Waals surface area contributed by atoms with E-state index >= 15 is 0 Å². The van der Waals surface area contributed by atoms with Gasteiger partial charge in [0, 0.05) is 55.6 Å². The second kappa shape index (κ2) is 6.47. The molecule has 2 aromatic heterocycles. The van der Waals surface area contributed by atoms with Gasteiger partial charge in [0.05, 0.1) is 0 Å². The number of amides is 1. The van der Waals surface area contributed by atoms with E-state index in [0.29, 0.717) is 25.2 Å². The molecule has 5 rings (SSSR count). The molecule has 0 radical (unpaired) electrons. The van der Waals surface area contributed by atoms with Gasteiger partial charge in [0.2, 0.25) is 0 Å². The fourth-order valence-electron chi connectivity index (χ4n) is 4.82. The molecule has 8 nitrogen and oxygen atoms in total. The van der Waals surface area contributed by atoms with Gasteiger partial charge in [-0.15, -0.1) is 0 Å². The Kier molecular flexibility index (Phi) is 4.01. The Morgan fingerprint density at radius 3 is 2.79 bits per heavy atom. The van der Waals surface area contributed by atoms with Crippen molar-refractivity contribution in [1.29, 1.82) is 0 Å². The summed E-state index contributed by atoms with van der Waals surface area (Å²) in [6.07, 6.45) is 2.88. The molecule has 0 spiro atoms. The quantitative estimate of drug-likeness (QED) is 0.674. The van der Waals surface area contributed by atoms with Crippen LogP contribution in [-0.4, -0.2) is 38.2 Å². The zero-order valence-corrected chi connectivity index (χ0v) is 16.0. The Labute approximate surface area is 166 Å². The van der Waals surface area contributed by atoms with Crippen molar-refractivity contribution in [2.24, 2.45) is 13.0 Å². The third-order valence-corrected chi connectivity index (χ3v) is 6.21. The maximum atomic E-state index is 13.2. The highest BCUT2D eigenvalue weighted by atomic mass is 16.8. The Morgan fingerprint density at radius 1 is 1.17 bits per heavy atom. The molecule has 1 aromatic carbocycles. The van der Waals surface area contributed by atoms with Crippen molar-refractivity contribution in [3.8, 4) is 0 Å². The van der Waals surface area contributed by atoms with Crippen LogP contribution in [0.2, 0.25) is 0 Å². The lowest BCUT2D eigenvalue weighted by molar-refractivity contribution is 0.0594. The van der Waals surface area contributed by atoms with Crippen LogP contribution in [0.15, 0.2) is 47.4 Å². The largest absolute Gasteiger partial charge is 0.733 e. The number of carbonyl (C=O) groups excluding carboxylic acids is 1. The fourth-order valence-corrected chi connectivity index (χ4v) is 4.82. The van der Waals surface area contributed by atoms with E-state index in [4.69, 9.17) is 5.21 Å². The molecule has 29 heavy (non-hydrogen) atoms. The molecule has 2 bridgehead atoms. The molecule has 3 aromatic rings. The van der Waals surface area contributed by atoms with Crippen molar-refractivity contribution in [1.82, 2.24) is 14.0 Å². The summed E-state index contributed by atoms with van der Waals surface area (Å²) in [6.45, 7) is 1.53. The second-order valence-electron chi connectivity index (χ2n) is 8.04. The summed E-state index contributed by atoms with van der Waals surface area (Å²) in [6, 6.07) is 10.8. The SMILES string of the molecule is Cn1ccc2ccc(C(=O)N3C[C@@H]4C[C@@H](C3)c3ccc(N([O-])O)c(=O)n3C4)cc21. The average Bonchev–Trinajstić information content (AvgIpc) is 3.08. The number of aryl methyl sites for hydroxylation is 1. The van der Waals surface area contributed by atoms with E-state index in [2.05, 4.69) is 0 Å². The van der Waals surface area contributed by atoms with Crippen molar-refractivity contribution < 1.29 is 10.0 Å². The van der Waals surface area contributed by atoms with Gasteiger partial charge < -0.3 is 24.5 Å². The lowest BCUT2D eigenvalue weighted by Gasteiger charge is -2.43. The highest BCUT2D eigenvalue weighted by Crippen LogP contribution is 2.36. The molecule has 150 valence electrons. The van der Waals surface area contributed by atoms with Crippen LogP contribution in [0.25, 0.3) is 10.9 Å². The number of hydrogen-bond acceptors (Lipinski definition) is 5. The minimum atomic E-state index is -0.483. The molecule has 2 aliphatic rings. The van der Waals surface area contributed by atoms with Crippen LogP contribution in [-0.2, 0) is 13.6 Å². The standard InChI is InChI=1S/C21H21N4O4/c1-22-7-6-14-2-3-15(9-19(14)22)20(26)23-10-13-8-16(12-23)17-4-5-18(25(28)29)21(27)24(17)11-13/h2-7,9,13,16,28H,8,10-12H2,1H3/q-1/t13-,16-/m0/s1. The predicted octanol–water partition coefficient (Wildman–Crippen LogP) is 2.29. The maximum Gasteiger partial charge on any atom is 0.275 e. The van der Waals surface area contributed by atoms with E-state index < -0.39 is 5.56 Å². The van der Waals surface area contributed by atoms with Crippen LogP contribution in [0.5, 0.6) is 0 Å². The summed E-state index contributed by atoms with van der Waals surface area (Å²) < 4.78 is 3.57. The molecule has 1 fully saturated rings. The van der Waals surface area contributed by atoms with Crippen molar-refractivity contribution in [3.05, 3.63) is 69.4 Å². The Morgan fingerprint density at radius 2 is 2.00 bits per heavy atom. The molecular weight excluding hydrogens is 372 g/mol. The number of carbonyl (C=O) groups is 1. The number of aromatic nitrogens is 2. The van der Waals surface area contributed by atoms with Gasteiger partial charge in [-0.1, -0.05) is 6.07 Å². The summed E-state index contributed by atoms with van der Waals surface area (Å²) in [7, 11) is 1.96. The van der Waals surface area contributed by atoms with E-state index in [9.17, 15) is 14.8 Å². The van der Waals surface area contributed by atoms with Crippen molar-refractivity contribution >= 4 is 22.5 Å². The first-order valence-corrected chi connectivity index (χ1v) is 9.66. The van der Waals surface area contributed by atoms with Crippen LogP contribution in [0.3, 0.4) is 0 Å². The lowest BCUT2D eigenvalue weighted by Crippen LogP contribution is -2.49. The number of hydrogen-bond donors (Lipinski definition) is 1. The number of anilines is 1. The van der Waals surface area contributed by atoms with Crippen LogP contribution in [0.1, 0.15) is 28.4 Å². The molecule has 0 unspecified atom stereocenters. The van der Waals surface area contributed by atoms with Gasteiger partial charge in [0.25, 0.3) is 11.5 Å². The Balaban J connectivity index is 1.45. The van der Waals surface area contributed by atoms with Gasteiger partial charge in [-0.2, -0.15) is 0 Å². The first-order chi connectivity index (χ1) is 13.9. The first-order valence-electron chi connectivity index (χ1n) is 9.66. The molecule has 8 heteroatoms. The number of benzene rings is 1. The molecule has 2 aliphatic heterocycles. The molecular formula is C21H21N4O4-. The van der Waals surface area contributed by atoms with Gasteiger partial charge in [0.1, 0.15) is 5.69 Å². The van der Waals surface area contributed by atoms with Crippen LogP contribution in [0.4, 0.5) is 5.69 Å². The van der Waals surface area contributed by atoms with Crippen LogP contribution in [0, 0.1) is 11.1 Å². The zero-order chi connectivity index (χ0) is 20.3. The van der Waals surface area contributed by atoms with Crippen molar-refractivity contribution in [2.45, 2.75) is 18.9 Å². The van der Waals surface area contributed by atoms with E-state index in [0.717, 1.165) is 23.0 Å². The highest BCUT2D eigenvalue weighted by Gasteiger charge is 2.37. The number of nitrogens with zero attached hydrogens (tertiary/aromatic N) is 4. The molecule has 0 aliphatic carbocycles. The third kappa shape index (κ3) is 2.83. The van der Waals surface area contributed by atoms with E-state index in [1.165, 1.54) is 6.07 Å². The number of fused-ring (bicyclic) bond motifs is 5. The van der Waals surface area contributed by atoms with Crippen LogP contribution >= 0.6 is 0 Å². The third-order valence-electron chi connectivity index (χ3n) is 6.21. The average molecular weight is 393 g/mol. The molecule has 1 saturated heterocycles. The monoisotopic (exact) mass is 393 g/mol. The summed E-state index contributed by atoms with van der Waals surface area (Å²) in [5.74, 6) is 0.165. The normalized spacial score (nSPS) is 20.6. The highest BCUT2D eigenvalue weighted by molar-refractivity contribution is 5.98. The summed E-state index contributed by atoms with van der Waals surface area (Å²) in [5.41, 5.74) is 1.73.